The van der Waals surface area contributed by atoms with Crippen LogP contribution in [-0.4, -0.2) is 52.1 Å². The summed E-state index contributed by atoms with van der Waals surface area (Å²) in [7, 11) is 0. The Morgan fingerprint density at radius 1 is 1.24 bits per heavy atom. The fourth-order valence-corrected chi connectivity index (χ4v) is 5.68. The van der Waals surface area contributed by atoms with Gasteiger partial charge in [0, 0.05) is 25.1 Å². The van der Waals surface area contributed by atoms with Crippen LogP contribution in [0.15, 0.2) is 6.33 Å². The van der Waals surface area contributed by atoms with Gasteiger partial charge in [-0.3, -0.25) is 0 Å². The van der Waals surface area contributed by atoms with Crippen molar-refractivity contribution in [2.24, 2.45) is 0 Å². The van der Waals surface area contributed by atoms with Gasteiger partial charge in [0.15, 0.2) is 5.52 Å². The molecule has 2 aliphatic heterocycles. The topological polar surface area (TPSA) is 83.2 Å². The average Bonchev–Trinajstić information content (AvgIpc) is 3.28. The highest BCUT2D eigenvalue weighted by Crippen LogP contribution is 2.43. The molecule has 0 aliphatic carbocycles. The molecule has 0 aromatic carbocycles. The largest absolute Gasteiger partial charge is 0.378 e. The van der Waals surface area contributed by atoms with Gasteiger partial charge < -0.3 is 14.4 Å². The van der Waals surface area contributed by atoms with Crippen molar-refractivity contribution in [1.29, 1.82) is 0 Å². The lowest BCUT2D eigenvalue weighted by atomic mass is 9.90. The second kappa shape index (κ2) is 6.18. The first kappa shape index (κ1) is 17.7. The Labute approximate surface area is 175 Å². The molecule has 0 radical (unpaired) electrons. The van der Waals surface area contributed by atoms with Crippen LogP contribution in [-0.2, 0) is 22.5 Å². The summed E-state index contributed by atoms with van der Waals surface area (Å²) >= 11 is 7.02. The van der Waals surface area contributed by atoms with Gasteiger partial charge in [0.05, 0.1) is 30.8 Å². The Morgan fingerprint density at radius 2 is 2.07 bits per heavy atom. The Hall–Kier alpha value is -2.14. The van der Waals surface area contributed by atoms with Crippen molar-refractivity contribution in [2.45, 2.75) is 32.5 Å². The lowest BCUT2D eigenvalue weighted by molar-refractivity contribution is -0.522. The first-order chi connectivity index (χ1) is 14.0. The normalized spacial score (nSPS) is 19.3. The molecule has 1 saturated heterocycles. The summed E-state index contributed by atoms with van der Waals surface area (Å²) in [5.74, 6) is 1.03. The summed E-state index contributed by atoms with van der Waals surface area (Å²) in [6, 6.07) is 0. The van der Waals surface area contributed by atoms with Gasteiger partial charge in [-0.25, -0.2) is 4.98 Å². The van der Waals surface area contributed by atoms with Crippen LogP contribution in [0.4, 0.5) is 5.82 Å². The molecule has 0 atom stereocenters. The average molecular weight is 430 g/mol. The van der Waals surface area contributed by atoms with E-state index in [0.717, 1.165) is 64.6 Å². The van der Waals surface area contributed by atoms with Crippen LogP contribution in [0.25, 0.3) is 26.1 Å². The van der Waals surface area contributed by atoms with Crippen molar-refractivity contribution in [2.75, 3.05) is 31.2 Å². The molecule has 0 saturated carbocycles. The number of thiophene rings is 1. The van der Waals surface area contributed by atoms with Crippen LogP contribution < -0.4 is 9.30 Å². The first-order valence-corrected chi connectivity index (χ1v) is 11.0. The number of aromatic amines is 2. The summed E-state index contributed by atoms with van der Waals surface area (Å²) in [5.41, 5.74) is 4.19. The van der Waals surface area contributed by atoms with Gasteiger partial charge in [0.25, 0.3) is 10.4 Å². The third-order valence-corrected chi connectivity index (χ3v) is 7.17. The molecule has 6 heterocycles. The monoisotopic (exact) mass is 429 g/mol. The van der Waals surface area contributed by atoms with E-state index in [2.05, 4.69) is 28.9 Å². The number of rotatable bonds is 1. The van der Waals surface area contributed by atoms with Gasteiger partial charge in [-0.2, -0.15) is 14.6 Å². The molecule has 0 bridgehead atoms. The summed E-state index contributed by atoms with van der Waals surface area (Å²) in [6.45, 7) is 8.02. The molecular formula is C19H21N6O2S2+. The first-order valence-electron chi connectivity index (χ1n) is 9.73. The van der Waals surface area contributed by atoms with E-state index in [1.807, 2.05) is 4.40 Å². The highest BCUT2D eigenvalue weighted by Gasteiger charge is 2.34. The second-order valence-electron chi connectivity index (χ2n) is 8.20. The Bertz CT molecular complexity index is 1330. The van der Waals surface area contributed by atoms with Crippen molar-refractivity contribution in [3.05, 3.63) is 22.2 Å². The lowest BCUT2D eigenvalue weighted by Gasteiger charge is -2.36. The number of ether oxygens (including phenoxy) is 2. The highest BCUT2D eigenvalue weighted by molar-refractivity contribution is 7.71. The molecular weight excluding hydrogens is 408 g/mol. The minimum Gasteiger partial charge on any atom is -0.378 e. The third kappa shape index (κ3) is 2.63. The van der Waals surface area contributed by atoms with Crippen molar-refractivity contribution >= 4 is 55.5 Å². The van der Waals surface area contributed by atoms with Crippen molar-refractivity contribution in [3.63, 3.8) is 0 Å². The molecule has 0 unspecified atom stereocenters. The standard InChI is InChI=1S/C19H20N6O2S2/c1-19(2)7-10-11(8-27-19)15(24-3-5-26-6-4-24)21-17-12(10)13-14(29-17)16-22-23-18(28)25(16)9-20-13/h9H,3-8H2,1-2H3,(H,23,28)/p+1. The fraction of sp³-hybridized carbons (Fsp3) is 0.474. The quantitative estimate of drug-likeness (QED) is 0.358. The summed E-state index contributed by atoms with van der Waals surface area (Å²) in [6.07, 6.45) is 2.62. The van der Waals surface area contributed by atoms with Crippen LogP contribution in [0.5, 0.6) is 0 Å². The summed E-state index contributed by atoms with van der Waals surface area (Å²) < 4.78 is 15.3. The zero-order chi connectivity index (χ0) is 19.8. The fourth-order valence-electron chi connectivity index (χ4n) is 4.35. The number of morpholine rings is 1. The molecule has 4 aromatic rings. The van der Waals surface area contributed by atoms with E-state index in [9.17, 15) is 0 Å². The van der Waals surface area contributed by atoms with E-state index in [1.165, 1.54) is 11.1 Å². The van der Waals surface area contributed by atoms with Crippen LogP contribution in [0.3, 0.4) is 0 Å². The van der Waals surface area contributed by atoms with Gasteiger partial charge in [-0.05, 0) is 31.6 Å². The van der Waals surface area contributed by atoms with E-state index in [0.29, 0.717) is 11.4 Å². The molecule has 8 nitrogen and oxygen atoms in total. The molecule has 0 spiro atoms. The SMILES string of the molecule is CC1(C)Cc2c(c(N3CCOCC3)nc3sc4c(nc[n+]5c(=S)[nH][nH]c45)c23)CO1. The number of fused-ring (bicyclic) bond motifs is 7. The number of nitrogens with zero attached hydrogens (tertiary/aromatic N) is 4. The Morgan fingerprint density at radius 3 is 2.90 bits per heavy atom. The highest BCUT2D eigenvalue weighted by atomic mass is 32.1. The van der Waals surface area contributed by atoms with Crippen molar-refractivity contribution < 1.29 is 13.9 Å². The third-order valence-electron chi connectivity index (χ3n) is 5.79. The number of H-pyrrole nitrogens is 2. The van der Waals surface area contributed by atoms with E-state index < -0.39 is 0 Å². The number of pyridine rings is 1. The van der Waals surface area contributed by atoms with Gasteiger partial charge in [-0.15, -0.1) is 16.3 Å². The molecule has 0 amide bonds. The predicted molar refractivity (Wildman–Crippen MR) is 113 cm³/mol. The minimum absolute atomic E-state index is 0.218. The zero-order valence-electron chi connectivity index (χ0n) is 16.2. The molecule has 1 fully saturated rings. The number of nitrogens with one attached hydrogen (secondary N) is 2. The molecule has 4 aromatic heterocycles. The predicted octanol–water partition coefficient (Wildman–Crippen LogP) is 2.66. The Kier molecular flexibility index (Phi) is 3.77. The Balaban J connectivity index is 1.70. The van der Waals surface area contributed by atoms with E-state index in [-0.39, 0.29) is 5.60 Å². The number of hydrogen-bond donors (Lipinski definition) is 2. The van der Waals surface area contributed by atoms with Crippen molar-refractivity contribution in [3.8, 4) is 0 Å². The molecule has 2 aliphatic rings. The maximum Gasteiger partial charge on any atom is 0.297 e. The molecule has 6 rings (SSSR count). The molecule has 29 heavy (non-hydrogen) atoms. The molecule has 150 valence electrons. The van der Waals surface area contributed by atoms with E-state index in [4.69, 9.17) is 31.7 Å². The number of aromatic nitrogens is 5. The van der Waals surface area contributed by atoms with Gasteiger partial charge >= 0.3 is 0 Å². The maximum absolute atomic E-state index is 6.19. The van der Waals surface area contributed by atoms with Crippen LogP contribution in [0.1, 0.15) is 25.0 Å². The van der Waals surface area contributed by atoms with E-state index in [1.54, 1.807) is 17.7 Å². The minimum atomic E-state index is -0.218. The molecule has 2 N–H and O–H groups in total. The smallest absolute Gasteiger partial charge is 0.297 e. The van der Waals surface area contributed by atoms with Gasteiger partial charge in [0.2, 0.25) is 6.33 Å². The molecule has 10 heteroatoms. The summed E-state index contributed by atoms with van der Waals surface area (Å²) in [5, 5.41) is 7.35. The lowest BCUT2D eigenvalue weighted by Crippen LogP contribution is -2.39. The second-order valence-corrected chi connectivity index (χ2v) is 9.58. The van der Waals surface area contributed by atoms with E-state index >= 15 is 0 Å². The van der Waals surface area contributed by atoms with Crippen LogP contribution in [0.2, 0.25) is 0 Å². The number of anilines is 1. The van der Waals surface area contributed by atoms with Crippen molar-refractivity contribution in [1.82, 2.24) is 20.2 Å². The van der Waals surface area contributed by atoms with Crippen LogP contribution >= 0.6 is 23.6 Å². The van der Waals surface area contributed by atoms with Gasteiger partial charge in [-0.1, -0.05) is 0 Å². The van der Waals surface area contributed by atoms with Crippen LogP contribution in [0, 0.1) is 4.77 Å². The van der Waals surface area contributed by atoms with Gasteiger partial charge in [0.1, 0.15) is 15.3 Å². The maximum atomic E-state index is 6.19. The zero-order valence-corrected chi connectivity index (χ0v) is 17.9. The number of hydrogen-bond acceptors (Lipinski definition) is 7. The summed E-state index contributed by atoms with van der Waals surface area (Å²) in [4.78, 5) is 13.2.